The summed E-state index contributed by atoms with van der Waals surface area (Å²) in [5, 5.41) is 6.25. The number of anilines is 2. The van der Waals surface area contributed by atoms with Gasteiger partial charge in [-0.25, -0.2) is 13.4 Å². The van der Waals surface area contributed by atoms with E-state index in [4.69, 9.17) is 5.73 Å². The van der Waals surface area contributed by atoms with Crippen molar-refractivity contribution in [2.75, 3.05) is 29.6 Å². The van der Waals surface area contributed by atoms with Gasteiger partial charge in [0.2, 0.25) is 0 Å². The first-order chi connectivity index (χ1) is 9.23. The Morgan fingerprint density at radius 1 is 1.50 bits per heavy atom. The highest BCUT2D eigenvalue weighted by atomic mass is 32.2. The molecule has 0 aliphatic heterocycles. The predicted octanol–water partition coefficient (Wildman–Crippen LogP) is 0.710. The van der Waals surface area contributed by atoms with Gasteiger partial charge < -0.3 is 16.4 Å². The maximum absolute atomic E-state index is 12.0. The van der Waals surface area contributed by atoms with E-state index in [1.807, 2.05) is 6.92 Å². The molecule has 4 N–H and O–H groups in total. The average molecular weight is 320 g/mol. The van der Waals surface area contributed by atoms with Gasteiger partial charge in [0.05, 0.1) is 5.75 Å². The fourth-order valence-corrected chi connectivity index (χ4v) is 3.39. The minimum Gasteiger partial charge on any atom is -0.382 e. The van der Waals surface area contributed by atoms with E-state index in [0.29, 0.717) is 10.0 Å². The van der Waals surface area contributed by atoms with Crippen molar-refractivity contribution < 1.29 is 13.2 Å². The van der Waals surface area contributed by atoms with Crippen molar-refractivity contribution in [1.29, 1.82) is 0 Å². The molecule has 1 aromatic heterocycles. The number of hydrogen-bond donors (Lipinski definition) is 3. The van der Waals surface area contributed by atoms with Crippen LogP contribution in [0.2, 0.25) is 0 Å². The first-order valence-corrected chi connectivity index (χ1v) is 9.09. The van der Waals surface area contributed by atoms with E-state index < -0.39 is 21.8 Å². The highest BCUT2D eigenvalue weighted by Gasteiger charge is 2.19. The van der Waals surface area contributed by atoms with E-state index in [-0.39, 0.29) is 11.6 Å². The van der Waals surface area contributed by atoms with E-state index in [9.17, 15) is 13.2 Å². The van der Waals surface area contributed by atoms with Crippen molar-refractivity contribution in [3.05, 3.63) is 4.88 Å². The molecular formula is C11H20N4O3S2. The number of nitrogens with one attached hydrogen (secondary N) is 2. The molecule has 0 saturated heterocycles. The van der Waals surface area contributed by atoms with Gasteiger partial charge in [-0.05, 0) is 13.3 Å². The Labute approximate surface area is 122 Å². The Balaban J connectivity index is 2.70. The van der Waals surface area contributed by atoms with E-state index in [1.165, 1.54) is 0 Å². The van der Waals surface area contributed by atoms with E-state index >= 15 is 0 Å². The van der Waals surface area contributed by atoms with Gasteiger partial charge in [0.1, 0.15) is 20.5 Å². The molecular weight excluding hydrogens is 300 g/mol. The summed E-state index contributed by atoms with van der Waals surface area (Å²) in [4.78, 5) is 16.4. The third kappa shape index (κ3) is 5.33. The molecule has 0 saturated carbocycles. The standard InChI is InChI=1S/C11H20N4O3S2/c1-4-5-13-11-15-9(12)8(19-11)10(16)14-7(2)6-20(3,17)18/h7H,4-6,12H2,1-3H3,(H,13,15)(H,14,16). The fourth-order valence-electron chi connectivity index (χ4n) is 1.59. The number of nitrogen functional groups attached to an aromatic ring is 1. The van der Waals surface area contributed by atoms with Crippen LogP contribution >= 0.6 is 11.3 Å². The van der Waals surface area contributed by atoms with Crippen molar-refractivity contribution in [3.8, 4) is 0 Å². The fraction of sp³-hybridized carbons (Fsp3) is 0.636. The number of carbonyl (C=O) groups is 1. The second-order valence-electron chi connectivity index (χ2n) is 4.63. The average Bonchev–Trinajstić information content (AvgIpc) is 2.65. The van der Waals surface area contributed by atoms with Crippen molar-refractivity contribution in [3.63, 3.8) is 0 Å². The maximum atomic E-state index is 12.0. The molecule has 0 fully saturated rings. The normalized spacial score (nSPS) is 12.9. The van der Waals surface area contributed by atoms with Gasteiger partial charge in [0.25, 0.3) is 5.91 Å². The molecule has 0 aliphatic rings. The lowest BCUT2D eigenvalue weighted by Gasteiger charge is -2.11. The quantitative estimate of drug-likeness (QED) is 0.682. The number of amides is 1. The van der Waals surface area contributed by atoms with Crippen LogP contribution < -0.4 is 16.4 Å². The predicted molar refractivity (Wildman–Crippen MR) is 81.9 cm³/mol. The minimum absolute atomic E-state index is 0.113. The number of rotatable bonds is 7. The molecule has 1 atom stereocenters. The highest BCUT2D eigenvalue weighted by molar-refractivity contribution is 7.90. The molecule has 1 unspecified atom stereocenters. The molecule has 7 nitrogen and oxygen atoms in total. The van der Waals surface area contributed by atoms with Gasteiger partial charge >= 0.3 is 0 Å². The Bertz CT molecular complexity index is 568. The summed E-state index contributed by atoms with van der Waals surface area (Å²) in [6.07, 6.45) is 2.07. The second kappa shape index (κ2) is 6.89. The molecule has 0 spiro atoms. The molecule has 0 radical (unpaired) electrons. The van der Waals surface area contributed by atoms with E-state index in [2.05, 4.69) is 15.6 Å². The van der Waals surface area contributed by atoms with Gasteiger partial charge in [0, 0.05) is 18.8 Å². The van der Waals surface area contributed by atoms with Crippen molar-refractivity contribution in [2.45, 2.75) is 26.3 Å². The van der Waals surface area contributed by atoms with Gasteiger partial charge in [-0.1, -0.05) is 18.3 Å². The van der Waals surface area contributed by atoms with Crippen LogP contribution in [0.1, 0.15) is 29.9 Å². The number of hydrogen-bond acceptors (Lipinski definition) is 7. The Morgan fingerprint density at radius 2 is 2.15 bits per heavy atom. The number of nitrogens with two attached hydrogens (primary N) is 1. The summed E-state index contributed by atoms with van der Waals surface area (Å²) < 4.78 is 22.3. The Hall–Kier alpha value is -1.35. The molecule has 20 heavy (non-hydrogen) atoms. The van der Waals surface area contributed by atoms with Gasteiger partial charge in [0.15, 0.2) is 5.13 Å². The van der Waals surface area contributed by atoms with Gasteiger partial charge in [-0.3, -0.25) is 4.79 Å². The second-order valence-corrected chi connectivity index (χ2v) is 7.81. The first-order valence-electron chi connectivity index (χ1n) is 6.21. The SMILES string of the molecule is CCCNc1nc(N)c(C(=O)NC(C)CS(C)(=O)=O)s1. The maximum Gasteiger partial charge on any atom is 0.265 e. The third-order valence-electron chi connectivity index (χ3n) is 2.32. The topological polar surface area (TPSA) is 114 Å². The zero-order chi connectivity index (χ0) is 15.3. The summed E-state index contributed by atoms with van der Waals surface area (Å²) in [7, 11) is -3.14. The summed E-state index contributed by atoms with van der Waals surface area (Å²) in [6.45, 7) is 4.40. The molecule has 1 aromatic rings. The molecule has 1 rings (SSSR count). The van der Waals surface area contributed by atoms with Crippen LogP contribution in [0, 0.1) is 0 Å². The summed E-state index contributed by atoms with van der Waals surface area (Å²) >= 11 is 1.16. The number of thiazole rings is 1. The molecule has 0 bridgehead atoms. The molecule has 9 heteroatoms. The summed E-state index contributed by atoms with van der Waals surface area (Å²) in [5.74, 6) is -0.364. The molecule has 0 aliphatic carbocycles. The van der Waals surface area contributed by atoms with Crippen LogP contribution in [0.4, 0.5) is 10.9 Å². The summed E-state index contributed by atoms with van der Waals surface area (Å²) in [5.41, 5.74) is 5.70. The highest BCUT2D eigenvalue weighted by Crippen LogP contribution is 2.24. The third-order valence-corrected chi connectivity index (χ3v) is 4.45. The Kier molecular flexibility index (Phi) is 5.75. The van der Waals surface area contributed by atoms with Gasteiger partial charge in [-0.15, -0.1) is 0 Å². The zero-order valence-corrected chi connectivity index (χ0v) is 13.4. The van der Waals surface area contributed by atoms with E-state index in [1.54, 1.807) is 6.92 Å². The Morgan fingerprint density at radius 3 is 2.70 bits per heavy atom. The minimum atomic E-state index is -3.14. The van der Waals surface area contributed by atoms with Crippen LogP contribution in [0.15, 0.2) is 0 Å². The summed E-state index contributed by atoms with van der Waals surface area (Å²) in [6, 6.07) is -0.481. The van der Waals surface area contributed by atoms with Crippen LogP contribution in [0.5, 0.6) is 0 Å². The first kappa shape index (κ1) is 16.7. The number of carbonyl (C=O) groups excluding carboxylic acids is 1. The van der Waals surface area contributed by atoms with Crippen LogP contribution in [-0.4, -0.2) is 43.9 Å². The largest absolute Gasteiger partial charge is 0.382 e. The number of sulfone groups is 1. The van der Waals surface area contributed by atoms with Crippen molar-refractivity contribution >= 4 is 38.0 Å². The molecule has 1 heterocycles. The monoisotopic (exact) mass is 320 g/mol. The zero-order valence-electron chi connectivity index (χ0n) is 11.8. The lowest BCUT2D eigenvalue weighted by Crippen LogP contribution is -2.37. The van der Waals surface area contributed by atoms with Gasteiger partial charge in [-0.2, -0.15) is 0 Å². The van der Waals surface area contributed by atoms with Crippen LogP contribution in [-0.2, 0) is 9.84 Å². The lowest BCUT2D eigenvalue weighted by molar-refractivity contribution is 0.0948. The van der Waals surface area contributed by atoms with Crippen molar-refractivity contribution in [2.24, 2.45) is 0 Å². The van der Waals surface area contributed by atoms with Crippen LogP contribution in [0.25, 0.3) is 0 Å². The number of nitrogens with zero attached hydrogens (tertiary/aromatic N) is 1. The lowest BCUT2D eigenvalue weighted by atomic mass is 10.3. The number of aromatic nitrogens is 1. The van der Waals surface area contributed by atoms with E-state index in [0.717, 1.165) is 30.6 Å². The molecule has 0 aromatic carbocycles. The molecule has 114 valence electrons. The smallest absolute Gasteiger partial charge is 0.265 e. The van der Waals surface area contributed by atoms with Crippen LogP contribution in [0.3, 0.4) is 0 Å². The molecule has 1 amide bonds. The van der Waals surface area contributed by atoms with Crippen molar-refractivity contribution in [1.82, 2.24) is 10.3 Å².